The quantitative estimate of drug-likeness (QED) is 0.361. The molecule has 4 nitrogen and oxygen atoms in total. The van der Waals surface area contributed by atoms with Gasteiger partial charge in [-0.15, -0.1) is 0 Å². The van der Waals surface area contributed by atoms with E-state index in [9.17, 15) is 0 Å². The fourth-order valence-corrected chi connectivity index (χ4v) is 4.87. The van der Waals surface area contributed by atoms with Crippen LogP contribution in [0.25, 0.3) is 0 Å². The van der Waals surface area contributed by atoms with E-state index in [1.54, 1.807) is 0 Å². The molecule has 0 radical (unpaired) electrons. The number of hydrogen-bond donors (Lipinski definition) is 2. The Morgan fingerprint density at radius 3 is 1.92 bits per heavy atom. The molecule has 2 N–H and O–H groups in total. The van der Waals surface area contributed by atoms with E-state index in [0.717, 1.165) is 51.9 Å². The van der Waals surface area contributed by atoms with Gasteiger partial charge in [0, 0.05) is 32.8 Å². The van der Waals surface area contributed by atoms with Gasteiger partial charge in [0.2, 0.25) is 0 Å². The first-order valence-corrected chi connectivity index (χ1v) is 12.9. The maximum atomic E-state index is 5.84. The van der Waals surface area contributed by atoms with Gasteiger partial charge in [-0.3, -0.25) is 0 Å². The number of rotatable bonds is 14. The second kappa shape index (κ2) is 17.7. The van der Waals surface area contributed by atoms with Crippen molar-refractivity contribution in [2.75, 3.05) is 32.8 Å². The molecule has 0 aliphatic heterocycles. The van der Waals surface area contributed by atoms with Crippen LogP contribution in [-0.2, 0) is 15.4 Å². The molecule has 0 bridgehead atoms. The average molecular weight is 383 g/mol. The molecular formula is C21H42N2O2Si. The van der Waals surface area contributed by atoms with Crippen molar-refractivity contribution in [2.45, 2.75) is 66.1 Å². The highest BCUT2D eigenvalue weighted by Gasteiger charge is 2.29. The standard InChI is InChI=1S/C17H32N2O2Si.C4H10/c1-4-20-22(3,21-5-2)15-9-12-18-13-14-19-16-17-10-7-6-8-11-17;1-3-4-2/h6-8,10-11,18-19H,4-5,9,12-16H2,1-3H3;3-4H2,1-2H3. The first-order chi connectivity index (χ1) is 12.6. The molecule has 0 aromatic heterocycles. The molecule has 1 aromatic rings. The number of benzene rings is 1. The van der Waals surface area contributed by atoms with Gasteiger partial charge in [0.25, 0.3) is 0 Å². The van der Waals surface area contributed by atoms with Crippen molar-refractivity contribution < 1.29 is 8.85 Å². The van der Waals surface area contributed by atoms with E-state index in [0.29, 0.717) is 0 Å². The third-order valence-corrected chi connectivity index (χ3v) is 7.09. The molecule has 1 aromatic carbocycles. The first-order valence-electron chi connectivity index (χ1n) is 10.3. The summed E-state index contributed by atoms with van der Waals surface area (Å²) in [4.78, 5) is 0. The molecule has 0 saturated heterocycles. The van der Waals surface area contributed by atoms with Crippen LogP contribution in [0.3, 0.4) is 0 Å². The zero-order valence-electron chi connectivity index (χ0n) is 17.8. The average Bonchev–Trinajstić information content (AvgIpc) is 2.65. The highest BCUT2D eigenvalue weighted by molar-refractivity contribution is 6.66. The van der Waals surface area contributed by atoms with Crippen molar-refractivity contribution in [3.63, 3.8) is 0 Å². The molecule has 0 heterocycles. The maximum Gasteiger partial charge on any atom is 0.334 e. The number of hydrogen-bond acceptors (Lipinski definition) is 4. The molecular weight excluding hydrogens is 340 g/mol. The van der Waals surface area contributed by atoms with E-state index >= 15 is 0 Å². The summed E-state index contributed by atoms with van der Waals surface area (Å²) in [5, 5.41) is 6.92. The van der Waals surface area contributed by atoms with Gasteiger partial charge in [-0.2, -0.15) is 0 Å². The molecule has 0 spiro atoms. The van der Waals surface area contributed by atoms with Crippen molar-refractivity contribution in [3.05, 3.63) is 35.9 Å². The summed E-state index contributed by atoms with van der Waals surface area (Å²) >= 11 is 0. The molecule has 0 fully saturated rings. The summed E-state index contributed by atoms with van der Waals surface area (Å²) in [6.07, 6.45) is 3.75. The summed E-state index contributed by atoms with van der Waals surface area (Å²) in [5.74, 6) is 0. The zero-order valence-corrected chi connectivity index (χ0v) is 18.8. The molecule has 0 atom stereocenters. The highest BCUT2D eigenvalue weighted by atomic mass is 28.4. The predicted octanol–water partition coefficient (Wildman–Crippen LogP) is 4.71. The fraction of sp³-hybridized carbons (Fsp3) is 0.714. The molecule has 0 aliphatic carbocycles. The lowest BCUT2D eigenvalue weighted by Crippen LogP contribution is -2.39. The third-order valence-electron chi connectivity index (χ3n) is 4.03. The molecule has 5 heteroatoms. The molecule has 0 amide bonds. The Kier molecular flexibility index (Phi) is 17.2. The fourth-order valence-electron chi connectivity index (χ4n) is 2.46. The van der Waals surface area contributed by atoms with Gasteiger partial charge in [-0.25, -0.2) is 0 Å². The van der Waals surface area contributed by atoms with Crippen LogP contribution in [0.2, 0.25) is 12.6 Å². The molecule has 1 rings (SSSR count). The van der Waals surface area contributed by atoms with Crippen LogP contribution in [0, 0.1) is 0 Å². The van der Waals surface area contributed by atoms with Crippen LogP contribution < -0.4 is 10.6 Å². The van der Waals surface area contributed by atoms with Crippen molar-refractivity contribution >= 4 is 8.56 Å². The van der Waals surface area contributed by atoms with Gasteiger partial charge in [-0.05, 0) is 45.0 Å². The highest BCUT2D eigenvalue weighted by Crippen LogP contribution is 2.15. The summed E-state index contributed by atoms with van der Waals surface area (Å²) in [6, 6.07) is 11.5. The Morgan fingerprint density at radius 1 is 0.808 bits per heavy atom. The lowest BCUT2D eigenvalue weighted by molar-refractivity contribution is 0.188. The van der Waals surface area contributed by atoms with Crippen molar-refractivity contribution in [3.8, 4) is 0 Å². The number of unbranched alkanes of at least 4 members (excludes halogenated alkanes) is 1. The van der Waals surface area contributed by atoms with Crippen LogP contribution >= 0.6 is 0 Å². The van der Waals surface area contributed by atoms with Gasteiger partial charge in [0.15, 0.2) is 0 Å². The Morgan fingerprint density at radius 2 is 1.38 bits per heavy atom. The second-order valence-corrected chi connectivity index (χ2v) is 9.86. The van der Waals surface area contributed by atoms with Gasteiger partial charge < -0.3 is 19.5 Å². The van der Waals surface area contributed by atoms with E-state index in [4.69, 9.17) is 8.85 Å². The summed E-state index contributed by atoms with van der Waals surface area (Å²) in [7, 11) is -1.92. The normalized spacial score (nSPS) is 11.1. The van der Waals surface area contributed by atoms with Crippen LogP contribution in [-0.4, -0.2) is 41.4 Å². The second-order valence-electron chi connectivity index (χ2n) is 6.52. The molecule has 0 unspecified atom stereocenters. The van der Waals surface area contributed by atoms with E-state index in [2.05, 4.69) is 55.3 Å². The van der Waals surface area contributed by atoms with Crippen LogP contribution in [0.4, 0.5) is 0 Å². The SMILES string of the molecule is CCCC.CCO[Si](C)(CCCNCCNCc1ccccc1)OCC. The monoisotopic (exact) mass is 382 g/mol. The van der Waals surface area contributed by atoms with E-state index < -0.39 is 8.56 Å². The first kappa shape index (κ1) is 25.3. The minimum absolute atomic E-state index is 0.750. The Balaban J connectivity index is 0.00000141. The lowest BCUT2D eigenvalue weighted by atomic mass is 10.2. The lowest BCUT2D eigenvalue weighted by Gasteiger charge is -2.25. The third kappa shape index (κ3) is 14.4. The Hall–Kier alpha value is -0.723. The van der Waals surface area contributed by atoms with Crippen molar-refractivity contribution in [1.29, 1.82) is 0 Å². The van der Waals surface area contributed by atoms with Gasteiger partial charge in [0.05, 0.1) is 0 Å². The smallest absolute Gasteiger partial charge is 0.334 e. The van der Waals surface area contributed by atoms with Crippen LogP contribution in [0.1, 0.15) is 52.5 Å². The number of nitrogens with one attached hydrogen (secondary N) is 2. The van der Waals surface area contributed by atoms with Crippen LogP contribution in [0.15, 0.2) is 30.3 Å². The zero-order chi connectivity index (χ0) is 19.5. The van der Waals surface area contributed by atoms with Crippen LogP contribution in [0.5, 0.6) is 0 Å². The topological polar surface area (TPSA) is 42.5 Å². The van der Waals surface area contributed by atoms with Crippen molar-refractivity contribution in [2.24, 2.45) is 0 Å². The van der Waals surface area contributed by atoms with Gasteiger partial charge >= 0.3 is 8.56 Å². The summed E-state index contributed by atoms with van der Waals surface area (Å²) in [5.41, 5.74) is 1.33. The van der Waals surface area contributed by atoms with E-state index in [1.807, 2.05) is 19.9 Å². The molecule has 26 heavy (non-hydrogen) atoms. The molecule has 0 saturated carbocycles. The van der Waals surface area contributed by atoms with E-state index in [1.165, 1.54) is 18.4 Å². The van der Waals surface area contributed by atoms with Gasteiger partial charge in [-0.1, -0.05) is 57.0 Å². The predicted molar refractivity (Wildman–Crippen MR) is 116 cm³/mol. The minimum atomic E-state index is -1.92. The minimum Gasteiger partial charge on any atom is -0.395 e. The summed E-state index contributed by atoms with van der Waals surface area (Å²) < 4.78 is 11.7. The maximum absolute atomic E-state index is 5.84. The van der Waals surface area contributed by atoms with Gasteiger partial charge in [0.1, 0.15) is 0 Å². The largest absolute Gasteiger partial charge is 0.395 e. The summed E-state index contributed by atoms with van der Waals surface area (Å²) in [6.45, 7) is 16.1. The Labute approximate surface area is 163 Å². The van der Waals surface area contributed by atoms with Crippen molar-refractivity contribution in [1.82, 2.24) is 10.6 Å². The Bertz CT molecular complexity index is 396. The molecule has 152 valence electrons. The van der Waals surface area contributed by atoms with E-state index in [-0.39, 0.29) is 0 Å². The molecule has 0 aliphatic rings.